The Morgan fingerprint density at radius 3 is 2.94 bits per heavy atom. The molecule has 5 heteroatoms. The molecule has 4 nitrogen and oxygen atoms in total. The van der Waals surface area contributed by atoms with Crippen LogP contribution in [0.25, 0.3) is 0 Å². The molecule has 0 aliphatic carbocycles. The molecule has 0 aromatic carbocycles. The second kappa shape index (κ2) is 7.24. The van der Waals surface area contributed by atoms with Crippen molar-refractivity contribution in [1.29, 1.82) is 0 Å². The molecule has 0 bridgehead atoms. The van der Waals surface area contributed by atoms with E-state index in [2.05, 4.69) is 0 Å². The Morgan fingerprint density at radius 1 is 1.65 bits per heavy atom. The molecule has 1 rings (SSSR count). The third-order valence-corrected chi connectivity index (χ3v) is 3.87. The van der Waals surface area contributed by atoms with Crippen LogP contribution >= 0.6 is 11.8 Å². The van der Waals surface area contributed by atoms with E-state index >= 15 is 0 Å². The highest BCUT2D eigenvalue weighted by atomic mass is 32.2. The monoisotopic (exact) mass is 260 g/mol. The minimum absolute atomic E-state index is 0.0576. The molecule has 17 heavy (non-hydrogen) atoms. The van der Waals surface area contributed by atoms with Gasteiger partial charge in [0.1, 0.15) is 0 Å². The zero-order chi connectivity index (χ0) is 12.8. The summed E-state index contributed by atoms with van der Waals surface area (Å²) < 4.78 is 0. The highest BCUT2D eigenvalue weighted by molar-refractivity contribution is 7.98. The number of aliphatic hydroxyl groups excluding tert-OH is 1. The van der Waals surface area contributed by atoms with E-state index in [4.69, 9.17) is 5.73 Å². The van der Waals surface area contributed by atoms with Gasteiger partial charge in [0, 0.05) is 12.6 Å². The number of hydrogen-bond acceptors (Lipinski definition) is 4. The molecule has 0 aromatic heterocycles. The molecule has 3 atom stereocenters. The molecule has 0 spiro atoms. The van der Waals surface area contributed by atoms with Gasteiger partial charge in [0.25, 0.3) is 0 Å². The topological polar surface area (TPSA) is 66.6 Å². The van der Waals surface area contributed by atoms with Crippen LogP contribution in [-0.4, -0.2) is 52.7 Å². The van der Waals surface area contributed by atoms with Gasteiger partial charge in [0.05, 0.1) is 12.1 Å². The lowest BCUT2D eigenvalue weighted by molar-refractivity contribution is -0.133. The van der Waals surface area contributed by atoms with E-state index in [1.54, 1.807) is 18.7 Å². The van der Waals surface area contributed by atoms with Crippen LogP contribution in [0.1, 0.15) is 32.6 Å². The third-order valence-electron chi connectivity index (χ3n) is 3.22. The fraction of sp³-hybridized carbons (Fsp3) is 0.917. The van der Waals surface area contributed by atoms with Crippen molar-refractivity contribution in [3.8, 4) is 0 Å². The number of carbonyl (C=O) groups excluding carboxylic acids is 1. The summed E-state index contributed by atoms with van der Waals surface area (Å²) in [5.74, 6) is 0.976. The van der Waals surface area contributed by atoms with E-state index in [9.17, 15) is 9.90 Å². The largest absolute Gasteiger partial charge is 0.393 e. The standard InChI is InChI=1S/C12H24N2O2S/c1-9(15)8-10-4-3-6-14(10)12(16)11(13)5-7-17-2/h9-11,15H,3-8,13H2,1-2H3/t9?,10?,11-/m1/s1. The van der Waals surface area contributed by atoms with Gasteiger partial charge >= 0.3 is 0 Å². The number of thioether (sulfide) groups is 1. The number of likely N-dealkylation sites (tertiary alicyclic amines) is 1. The molecule has 1 amide bonds. The van der Waals surface area contributed by atoms with Gasteiger partial charge in [-0.05, 0) is 44.6 Å². The van der Waals surface area contributed by atoms with E-state index in [0.29, 0.717) is 6.42 Å². The summed E-state index contributed by atoms with van der Waals surface area (Å²) in [7, 11) is 0. The Hall–Kier alpha value is -0.260. The Morgan fingerprint density at radius 2 is 2.35 bits per heavy atom. The maximum absolute atomic E-state index is 12.2. The Bertz CT molecular complexity index is 249. The van der Waals surface area contributed by atoms with Gasteiger partial charge in [-0.3, -0.25) is 4.79 Å². The van der Waals surface area contributed by atoms with Gasteiger partial charge in [0.2, 0.25) is 5.91 Å². The predicted octanol–water partition coefficient (Wildman–Crippen LogP) is 0.829. The highest BCUT2D eigenvalue weighted by Crippen LogP contribution is 2.22. The average molecular weight is 260 g/mol. The minimum atomic E-state index is -0.378. The SMILES string of the molecule is CSCC[C@@H](N)C(=O)N1CCCC1CC(C)O. The molecule has 3 N–H and O–H groups in total. The first-order valence-electron chi connectivity index (χ1n) is 6.29. The summed E-state index contributed by atoms with van der Waals surface area (Å²) in [5, 5.41) is 9.42. The number of amides is 1. The first-order valence-corrected chi connectivity index (χ1v) is 7.68. The van der Waals surface area contributed by atoms with Crippen molar-refractivity contribution in [3.05, 3.63) is 0 Å². The molecule has 100 valence electrons. The summed E-state index contributed by atoms with van der Waals surface area (Å²) in [6.45, 7) is 2.57. The number of nitrogens with two attached hydrogens (primary N) is 1. The lowest BCUT2D eigenvalue weighted by Crippen LogP contribution is -2.46. The van der Waals surface area contributed by atoms with Crippen LogP contribution in [0.5, 0.6) is 0 Å². The van der Waals surface area contributed by atoms with Gasteiger partial charge in [-0.15, -0.1) is 0 Å². The molecule has 2 unspecified atom stereocenters. The van der Waals surface area contributed by atoms with E-state index < -0.39 is 0 Å². The van der Waals surface area contributed by atoms with Gasteiger partial charge in [-0.2, -0.15) is 11.8 Å². The Balaban J connectivity index is 2.49. The number of rotatable bonds is 6. The highest BCUT2D eigenvalue weighted by Gasteiger charge is 2.31. The van der Waals surface area contributed by atoms with E-state index in [1.807, 2.05) is 11.2 Å². The van der Waals surface area contributed by atoms with E-state index in [-0.39, 0.29) is 24.1 Å². The van der Waals surface area contributed by atoms with E-state index in [0.717, 1.165) is 31.6 Å². The van der Waals surface area contributed by atoms with Crippen LogP contribution in [-0.2, 0) is 4.79 Å². The number of nitrogens with zero attached hydrogens (tertiary/aromatic N) is 1. The second-order valence-electron chi connectivity index (χ2n) is 4.80. The molecular formula is C12H24N2O2S. The summed E-state index contributed by atoms with van der Waals surface area (Å²) >= 11 is 1.71. The van der Waals surface area contributed by atoms with E-state index in [1.165, 1.54) is 0 Å². The predicted molar refractivity (Wildman–Crippen MR) is 72.0 cm³/mol. The zero-order valence-corrected chi connectivity index (χ0v) is 11.6. The lowest BCUT2D eigenvalue weighted by Gasteiger charge is -2.28. The van der Waals surface area contributed by atoms with Crippen molar-refractivity contribution in [3.63, 3.8) is 0 Å². The van der Waals surface area contributed by atoms with Crippen LogP contribution in [0.2, 0.25) is 0 Å². The zero-order valence-electron chi connectivity index (χ0n) is 10.8. The normalized spacial score (nSPS) is 23.8. The Kier molecular flexibility index (Phi) is 6.30. The van der Waals surface area contributed by atoms with Crippen LogP contribution < -0.4 is 5.73 Å². The number of aliphatic hydroxyl groups is 1. The fourth-order valence-electron chi connectivity index (χ4n) is 2.35. The fourth-order valence-corrected chi connectivity index (χ4v) is 2.84. The molecule has 0 aromatic rings. The van der Waals surface area contributed by atoms with Crippen LogP contribution in [0.3, 0.4) is 0 Å². The summed E-state index contributed by atoms with van der Waals surface area (Å²) in [5.41, 5.74) is 5.91. The van der Waals surface area contributed by atoms with Gasteiger partial charge in [0.15, 0.2) is 0 Å². The smallest absolute Gasteiger partial charge is 0.239 e. The van der Waals surface area contributed by atoms with Crippen molar-refractivity contribution in [1.82, 2.24) is 4.90 Å². The molecule has 0 saturated carbocycles. The van der Waals surface area contributed by atoms with Crippen molar-refractivity contribution in [2.75, 3.05) is 18.6 Å². The molecular weight excluding hydrogens is 236 g/mol. The van der Waals surface area contributed by atoms with Crippen molar-refractivity contribution in [2.24, 2.45) is 5.73 Å². The average Bonchev–Trinajstić information content (AvgIpc) is 2.71. The van der Waals surface area contributed by atoms with Crippen LogP contribution in [0.15, 0.2) is 0 Å². The lowest BCUT2D eigenvalue weighted by atomic mass is 10.1. The molecule has 1 saturated heterocycles. The third kappa shape index (κ3) is 4.48. The van der Waals surface area contributed by atoms with Crippen molar-refractivity contribution >= 4 is 17.7 Å². The molecule has 1 heterocycles. The molecule has 0 radical (unpaired) electrons. The van der Waals surface area contributed by atoms with Crippen LogP contribution in [0.4, 0.5) is 0 Å². The minimum Gasteiger partial charge on any atom is -0.393 e. The Labute approximate surface area is 108 Å². The summed E-state index contributed by atoms with van der Waals surface area (Å²) in [6, 6.07) is -0.195. The first kappa shape index (κ1) is 14.8. The molecule has 1 aliphatic rings. The van der Waals surface area contributed by atoms with Gasteiger partial charge < -0.3 is 15.7 Å². The maximum Gasteiger partial charge on any atom is 0.239 e. The number of carbonyl (C=O) groups is 1. The van der Waals surface area contributed by atoms with Gasteiger partial charge in [-0.25, -0.2) is 0 Å². The maximum atomic E-state index is 12.2. The summed E-state index contributed by atoms with van der Waals surface area (Å²) in [6.07, 6.45) is 5.09. The summed E-state index contributed by atoms with van der Waals surface area (Å²) in [4.78, 5) is 14.0. The molecule has 1 fully saturated rings. The molecule has 1 aliphatic heterocycles. The van der Waals surface area contributed by atoms with Crippen molar-refractivity contribution in [2.45, 2.75) is 50.8 Å². The first-order chi connectivity index (χ1) is 8.06. The quantitative estimate of drug-likeness (QED) is 0.742. The van der Waals surface area contributed by atoms with Crippen LogP contribution in [0, 0.1) is 0 Å². The van der Waals surface area contributed by atoms with Crippen molar-refractivity contribution < 1.29 is 9.90 Å². The second-order valence-corrected chi connectivity index (χ2v) is 5.79. The number of hydrogen-bond donors (Lipinski definition) is 2. The van der Waals surface area contributed by atoms with Gasteiger partial charge in [-0.1, -0.05) is 0 Å².